The van der Waals surface area contributed by atoms with Gasteiger partial charge in [0.15, 0.2) is 0 Å². The Morgan fingerprint density at radius 3 is 2.45 bits per heavy atom. The number of anilines is 3. The topological polar surface area (TPSA) is 109 Å². The summed E-state index contributed by atoms with van der Waals surface area (Å²) in [5.41, 5.74) is 2.55. The Kier molecular flexibility index (Phi) is 5.90. The van der Waals surface area contributed by atoms with E-state index >= 15 is 0 Å². The number of methoxy groups -OCH3 is 2. The molecule has 8 heteroatoms. The molecule has 8 nitrogen and oxygen atoms in total. The largest absolute Gasteiger partial charge is 0.497 e. The third-order valence-corrected chi connectivity index (χ3v) is 4.01. The molecule has 3 aromatic rings. The predicted octanol–water partition coefficient (Wildman–Crippen LogP) is 3.67. The molecule has 2 aromatic carbocycles. The van der Waals surface area contributed by atoms with Gasteiger partial charge >= 0.3 is 0 Å². The fourth-order valence-electron chi connectivity index (χ4n) is 2.59. The first-order valence-corrected chi connectivity index (χ1v) is 8.68. The van der Waals surface area contributed by atoms with Crippen LogP contribution in [0.25, 0.3) is 0 Å². The van der Waals surface area contributed by atoms with Gasteiger partial charge in [-0.1, -0.05) is 0 Å². The number of carbonyl (C=O) groups is 1. The van der Waals surface area contributed by atoms with E-state index in [2.05, 4.69) is 20.6 Å². The molecule has 0 bridgehead atoms. The average molecular weight is 389 g/mol. The van der Waals surface area contributed by atoms with Gasteiger partial charge in [-0.25, -0.2) is 9.97 Å². The third-order valence-electron chi connectivity index (χ3n) is 4.01. The van der Waals surface area contributed by atoms with Crippen LogP contribution in [0, 0.1) is 18.3 Å². The second-order valence-corrected chi connectivity index (χ2v) is 6.05. The molecule has 0 atom stereocenters. The first-order valence-electron chi connectivity index (χ1n) is 8.68. The van der Waals surface area contributed by atoms with Gasteiger partial charge in [0.05, 0.1) is 31.5 Å². The van der Waals surface area contributed by atoms with Crippen molar-refractivity contribution < 1.29 is 14.3 Å². The summed E-state index contributed by atoms with van der Waals surface area (Å²) >= 11 is 0. The fourth-order valence-corrected chi connectivity index (χ4v) is 2.59. The first kappa shape index (κ1) is 19.6. The van der Waals surface area contributed by atoms with Gasteiger partial charge in [-0.15, -0.1) is 0 Å². The normalized spacial score (nSPS) is 10.0. The predicted molar refractivity (Wildman–Crippen MR) is 109 cm³/mol. The smallest absolute Gasteiger partial charge is 0.274 e. The molecule has 0 radical (unpaired) electrons. The number of carbonyl (C=O) groups excluding carboxylic acids is 1. The van der Waals surface area contributed by atoms with Gasteiger partial charge in [0.25, 0.3) is 5.91 Å². The Labute approximate surface area is 168 Å². The van der Waals surface area contributed by atoms with Crippen molar-refractivity contribution in [2.75, 3.05) is 24.9 Å². The van der Waals surface area contributed by atoms with Gasteiger partial charge in [0.2, 0.25) is 5.95 Å². The molecule has 29 heavy (non-hydrogen) atoms. The number of benzene rings is 2. The molecule has 1 aromatic heterocycles. The molecule has 3 rings (SSSR count). The van der Waals surface area contributed by atoms with Crippen LogP contribution in [-0.4, -0.2) is 30.1 Å². The summed E-state index contributed by atoms with van der Waals surface area (Å²) in [6, 6.07) is 15.5. The van der Waals surface area contributed by atoms with E-state index < -0.39 is 0 Å². The van der Waals surface area contributed by atoms with Gasteiger partial charge < -0.3 is 20.1 Å². The maximum absolute atomic E-state index is 12.6. The number of nitrogens with one attached hydrogen (secondary N) is 2. The molecule has 0 aliphatic rings. The minimum Gasteiger partial charge on any atom is -0.497 e. The number of aromatic nitrogens is 2. The zero-order valence-corrected chi connectivity index (χ0v) is 16.2. The number of nitriles is 1. The van der Waals surface area contributed by atoms with Crippen molar-refractivity contribution in [1.82, 2.24) is 9.97 Å². The second-order valence-electron chi connectivity index (χ2n) is 6.05. The number of hydrogen-bond donors (Lipinski definition) is 2. The van der Waals surface area contributed by atoms with E-state index in [-0.39, 0.29) is 17.5 Å². The lowest BCUT2D eigenvalue weighted by Gasteiger charge is -2.12. The molecule has 0 aliphatic heterocycles. The molecular formula is C21H19N5O3. The van der Waals surface area contributed by atoms with Crippen molar-refractivity contribution in [3.63, 3.8) is 0 Å². The summed E-state index contributed by atoms with van der Waals surface area (Å²) in [6.07, 6.45) is 0. The van der Waals surface area contributed by atoms with E-state index in [4.69, 9.17) is 14.7 Å². The maximum atomic E-state index is 12.6. The van der Waals surface area contributed by atoms with Crippen molar-refractivity contribution in [2.24, 2.45) is 0 Å². The number of ether oxygens (including phenoxy) is 2. The van der Waals surface area contributed by atoms with Crippen LogP contribution in [0.3, 0.4) is 0 Å². The van der Waals surface area contributed by atoms with Crippen LogP contribution in [-0.2, 0) is 0 Å². The molecule has 2 N–H and O–H groups in total. The highest BCUT2D eigenvalue weighted by molar-refractivity contribution is 6.03. The van der Waals surface area contributed by atoms with Crippen LogP contribution in [0.15, 0.2) is 48.5 Å². The third kappa shape index (κ3) is 4.78. The summed E-state index contributed by atoms with van der Waals surface area (Å²) in [6.45, 7) is 1.77. The number of nitrogens with zero attached hydrogens (tertiary/aromatic N) is 3. The van der Waals surface area contributed by atoms with Crippen molar-refractivity contribution in [3.05, 3.63) is 65.5 Å². The molecule has 0 fully saturated rings. The SMILES string of the molecule is COc1ccc(Nc2nc(C)cc(C(=O)Nc3ccc(C#N)cc3)n2)c(OC)c1. The van der Waals surface area contributed by atoms with Crippen molar-refractivity contribution in [2.45, 2.75) is 6.92 Å². The second kappa shape index (κ2) is 8.71. The van der Waals surface area contributed by atoms with Crippen LogP contribution in [0.4, 0.5) is 17.3 Å². The Morgan fingerprint density at radius 2 is 1.79 bits per heavy atom. The monoisotopic (exact) mass is 389 g/mol. The minimum atomic E-state index is -0.384. The molecular weight excluding hydrogens is 370 g/mol. The van der Waals surface area contributed by atoms with Gasteiger partial charge in [0, 0.05) is 17.4 Å². The summed E-state index contributed by atoms with van der Waals surface area (Å²) in [5, 5.41) is 14.7. The van der Waals surface area contributed by atoms with E-state index in [1.54, 1.807) is 69.7 Å². The molecule has 0 unspecified atom stereocenters. The lowest BCUT2D eigenvalue weighted by atomic mass is 10.2. The van der Waals surface area contributed by atoms with Gasteiger partial charge in [0.1, 0.15) is 17.2 Å². The quantitative estimate of drug-likeness (QED) is 0.662. The molecule has 0 aliphatic carbocycles. The molecule has 1 heterocycles. The maximum Gasteiger partial charge on any atom is 0.274 e. The number of rotatable bonds is 6. The molecule has 146 valence electrons. The van der Waals surface area contributed by atoms with E-state index in [0.29, 0.717) is 34.1 Å². The Morgan fingerprint density at radius 1 is 1.03 bits per heavy atom. The Bertz CT molecular complexity index is 1070. The Hall–Kier alpha value is -4.12. The highest BCUT2D eigenvalue weighted by atomic mass is 16.5. The summed E-state index contributed by atoms with van der Waals surface area (Å²) < 4.78 is 10.6. The molecule has 1 amide bonds. The summed E-state index contributed by atoms with van der Waals surface area (Å²) in [5.74, 6) is 1.08. The van der Waals surface area contributed by atoms with Crippen LogP contribution >= 0.6 is 0 Å². The van der Waals surface area contributed by atoms with Crippen LogP contribution in [0.5, 0.6) is 11.5 Å². The number of amides is 1. The van der Waals surface area contributed by atoms with Gasteiger partial charge in [-0.3, -0.25) is 4.79 Å². The molecule has 0 saturated carbocycles. The van der Waals surface area contributed by atoms with Crippen LogP contribution in [0.2, 0.25) is 0 Å². The summed E-state index contributed by atoms with van der Waals surface area (Å²) in [7, 11) is 3.12. The zero-order chi connectivity index (χ0) is 20.8. The lowest BCUT2D eigenvalue weighted by Crippen LogP contribution is -2.15. The fraction of sp³-hybridized carbons (Fsp3) is 0.143. The standard InChI is InChI=1S/C21H19N5O3/c1-13-10-18(20(27)24-15-6-4-14(12-22)5-7-15)26-21(23-13)25-17-9-8-16(28-2)11-19(17)29-3/h4-11H,1-3H3,(H,24,27)(H,23,25,26). The molecule has 0 saturated heterocycles. The van der Waals surface area contributed by atoms with Gasteiger partial charge in [-0.05, 0) is 49.4 Å². The van der Waals surface area contributed by atoms with Crippen LogP contribution in [0.1, 0.15) is 21.7 Å². The first-order chi connectivity index (χ1) is 14.0. The highest BCUT2D eigenvalue weighted by Crippen LogP contribution is 2.30. The van der Waals surface area contributed by atoms with Crippen molar-refractivity contribution in [3.8, 4) is 17.6 Å². The number of aryl methyl sites for hydroxylation is 1. The average Bonchev–Trinajstić information content (AvgIpc) is 2.74. The van der Waals surface area contributed by atoms with E-state index in [9.17, 15) is 4.79 Å². The van der Waals surface area contributed by atoms with Crippen molar-refractivity contribution in [1.29, 1.82) is 5.26 Å². The summed E-state index contributed by atoms with van der Waals surface area (Å²) in [4.78, 5) is 21.2. The van der Waals surface area contributed by atoms with E-state index in [1.165, 1.54) is 0 Å². The zero-order valence-electron chi connectivity index (χ0n) is 16.2. The van der Waals surface area contributed by atoms with Crippen molar-refractivity contribution >= 4 is 23.2 Å². The van der Waals surface area contributed by atoms with E-state index in [0.717, 1.165) is 0 Å². The van der Waals surface area contributed by atoms with E-state index in [1.807, 2.05) is 6.07 Å². The Balaban J connectivity index is 1.82. The lowest BCUT2D eigenvalue weighted by molar-refractivity contribution is 0.102. The van der Waals surface area contributed by atoms with Gasteiger partial charge in [-0.2, -0.15) is 5.26 Å². The number of hydrogen-bond acceptors (Lipinski definition) is 7. The molecule has 0 spiro atoms. The van der Waals surface area contributed by atoms with Crippen LogP contribution < -0.4 is 20.1 Å². The highest BCUT2D eigenvalue weighted by Gasteiger charge is 2.13. The minimum absolute atomic E-state index is 0.205.